The number of aromatic amines is 1. The van der Waals surface area contributed by atoms with Crippen LogP contribution in [-0.2, 0) is 31.8 Å². The fraction of sp³-hybridized carbons (Fsp3) is 0.476. The number of methoxy groups -OCH3 is 1. The number of hydrogen-bond acceptors (Lipinski definition) is 14. The van der Waals surface area contributed by atoms with Crippen LogP contribution in [0.25, 0.3) is 10.9 Å². The molecule has 0 aliphatic carbocycles. The summed E-state index contributed by atoms with van der Waals surface area (Å²) in [5.74, 6) is 1.01. The number of nitrogens with zero attached hydrogens (tertiary/aromatic N) is 2. The molecule has 0 amide bonds. The molecule has 9 heterocycles. The zero-order valence-electron chi connectivity index (χ0n) is 32.4. The van der Waals surface area contributed by atoms with E-state index < -0.39 is 52.1 Å². The van der Waals surface area contributed by atoms with Crippen LogP contribution in [0.3, 0.4) is 0 Å². The summed E-state index contributed by atoms with van der Waals surface area (Å²) < 4.78 is 30.9. The second-order valence-electron chi connectivity index (χ2n) is 16.9. The molecule has 0 saturated carbocycles. The number of aryl methyl sites for hydroxylation is 1. The molecule has 0 radical (unpaired) electrons. The van der Waals surface area contributed by atoms with Crippen molar-refractivity contribution < 1.29 is 43.5 Å². The van der Waals surface area contributed by atoms with Gasteiger partial charge in [0, 0.05) is 83.0 Å². The van der Waals surface area contributed by atoms with Gasteiger partial charge in [0.1, 0.15) is 18.1 Å². The number of hydrogen-bond donors (Lipinski definition) is 5. The second kappa shape index (κ2) is 11.8. The maximum Gasteiger partial charge on any atom is 0.333 e. The quantitative estimate of drug-likeness (QED) is 0.149. The van der Waals surface area contributed by atoms with Crippen LogP contribution in [0.15, 0.2) is 30.3 Å². The number of benzene rings is 3. The largest absolute Gasteiger partial charge is 0.504 e. The predicted octanol–water partition coefficient (Wildman–Crippen LogP) is 3.96. The van der Waals surface area contributed by atoms with Crippen LogP contribution >= 0.6 is 11.8 Å². The summed E-state index contributed by atoms with van der Waals surface area (Å²) in [5.41, 5.74) is 10.2. The Morgan fingerprint density at radius 1 is 1.12 bits per heavy atom. The maximum atomic E-state index is 15.1. The smallest absolute Gasteiger partial charge is 0.333 e. The molecule has 3 fully saturated rings. The second-order valence-corrected chi connectivity index (χ2v) is 18.1. The standard InChI is InChI=1S/C42H45N5O9S/c1-18-10-24-27(32(49)33(18)52-5)30-31-37-29-28(36-35(54-17-55-36)19(2)34(29)56-20(3)48)26(47(31)41(51)14-40(24,4)46(30)15-41)13-53-39(50)42(16-57-37)38-23(11-21(12-43)45-42)22-8-6-7-9-25(22)44-38/h6-10,21,26,30-31,37,44-45,49,51H,11-17,43H2,1-5H3/t21-,26+,30?,31?,37-,40?,41?,42-/m1/s1. The number of nitrogens with two attached hydrogens (primary N) is 1. The molecule has 3 aromatic carbocycles. The highest BCUT2D eigenvalue weighted by atomic mass is 32.2. The van der Waals surface area contributed by atoms with E-state index in [-0.39, 0.29) is 37.5 Å². The third-order valence-electron chi connectivity index (χ3n) is 13.9. The molecule has 4 unspecified atom stereocenters. The van der Waals surface area contributed by atoms with Gasteiger partial charge in [0.15, 0.2) is 28.5 Å². The van der Waals surface area contributed by atoms with Crippen molar-refractivity contribution in [2.24, 2.45) is 5.73 Å². The number of aliphatic hydroxyl groups is 1. The van der Waals surface area contributed by atoms with Crippen molar-refractivity contribution in [2.45, 2.75) is 86.8 Å². The zero-order valence-corrected chi connectivity index (χ0v) is 33.2. The summed E-state index contributed by atoms with van der Waals surface area (Å²) in [7, 11) is 1.56. The minimum atomic E-state index is -1.39. The monoisotopic (exact) mass is 795 g/mol. The highest BCUT2D eigenvalue weighted by Gasteiger charge is 2.72. The molecule has 14 nitrogen and oxygen atoms in total. The summed E-state index contributed by atoms with van der Waals surface area (Å²) in [6.07, 6.45) is 0.951. The number of nitrogens with one attached hydrogen (secondary N) is 2. The van der Waals surface area contributed by atoms with Crippen LogP contribution < -0.4 is 30.0 Å². The van der Waals surface area contributed by atoms with Gasteiger partial charge in [0.25, 0.3) is 0 Å². The zero-order chi connectivity index (χ0) is 39.5. The molecule has 12 rings (SSSR count). The molecule has 8 atom stereocenters. The number of thioether (sulfide) groups is 1. The number of carbonyl (C=O) groups excluding carboxylic acids is 2. The molecule has 4 aromatic rings. The van der Waals surface area contributed by atoms with Crippen LogP contribution in [0, 0.1) is 13.8 Å². The lowest BCUT2D eigenvalue weighted by atomic mass is 9.75. The van der Waals surface area contributed by atoms with E-state index in [9.17, 15) is 15.0 Å². The van der Waals surface area contributed by atoms with Crippen molar-refractivity contribution in [3.8, 4) is 28.7 Å². The third kappa shape index (κ3) is 4.39. The summed E-state index contributed by atoms with van der Waals surface area (Å²) in [4.78, 5) is 36.1. The van der Waals surface area contributed by atoms with Gasteiger partial charge >= 0.3 is 11.9 Å². The highest BCUT2D eigenvalue weighted by molar-refractivity contribution is 7.99. The van der Waals surface area contributed by atoms with E-state index in [1.807, 2.05) is 32.0 Å². The van der Waals surface area contributed by atoms with Crippen LogP contribution in [0.4, 0.5) is 0 Å². The number of para-hydroxylation sites is 1. The van der Waals surface area contributed by atoms with Gasteiger partial charge in [-0.15, -0.1) is 11.8 Å². The van der Waals surface area contributed by atoms with Crippen molar-refractivity contribution in [1.82, 2.24) is 20.1 Å². The first-order valence-electron chi connectivity index (χ1n) is 19.5. The first-order valence-corrected chi connectivity index (χ1v) is 20.6. The van der Waals surface area contributed by atoms with Crippen molar-refractivity contribution in [1.29, 1.82) is 0 Å². The Bertz CT molecular complexity index is 2470. The lowest BCUT2D eigenvalue weighted by Gasteiger charge is -2.59. The van der Waals surface area contributed by atoms with Crippen LogP contribution in [-0.4, -0.2) is 94.1 Å². The Morgan fingerprint density at radius 2 is 1.91 bits per heavy atom. The molecular weight excluding hydrogens is 751 g/mol. The third-order valence-corrected chi connectivity index (χ3v) is 15.4. The van der Waals surface area contributed by atoms with E-state index in [0.29, 0.717) is 53.5 Å². The Labute approximate surface area is 332 Å². The predicted molar refractivity (Wildman–Crippen MR) is 209 cm³/mol. The molecule has 3 saturated heterocycles. The van der Waals surface area contributed by atoms with Gasteiger partial charge < -0.3 is 44.6 Å². The SMILES string of the molecule is COc1c(C)cc2c(c1O)C1C3[C@@H]4SC[C@]5(N[C@@H](CN)Cc6c5[nH]c5ccccc65)C(=O)OC[C@@H](c5c6c(c(C)c(OC(C)=O)c54)OCO6)N3C3(O)CN1C2(C)C3. The van der Waals surface area contributed by atoms with Crippen LogP contribution in [0.1, 0.15) is 82.2 Å². The molecule has 6 N–H and O–H groups in total. The number of fused-ring (bicyclic) bond motifs is 11. The molecule has 15 heteroatoms. The van der Waals surface area contributed by atoms with Gasteiger partial charge in [-0.25, -0.2) is 4.79 Å². The normalized spacial score (nSPS) is 33.2. The molecule has 298 valence electrons. The molecule has 1 spiro atoms. The van der Waals surface area contributed by atoms with Crippen LogP contribution in [0.5, 0.6) is 28.7 Å². The van der Waals surface area contributed by atoms with Crippen molar-refractivity contribution in [3.05, 3.63) is 75.0 Å². The van der Waals surface area contributed by atoms with E-state index in [1.54, 1.807) is 7.11 Å². The first kappa shape index (κ1) is 35.6. The first-order chi connectivity index (χ1) is 27.3. The van der Waals surface area contributed by atoms with Gasteiger partial charge in [0.2, 0.25) is 6.79 Å². The van der Waals surface area contributed by atoms with Gasteiger partial charge in [-0.1, -0.05) is 18.2 Å². The van der Waals surface area contributed by atoms with Crippen LogP contribution in [0.2, 0.25) is 0 Å². The number of phenolic OH excluding ortho intramolecular Hbond substituents is 1. The van der Waals surface area contributed by atoms with Gasteiger partial charge in [-0.3, -0.25) is 19.9 Å². The molecule has 57 heavy (non-hydrogen) atoms. The van der Waals surface area contributed by atoms with E-state index >= 15 is 4.79 Å². The average molecular weight is 796 g/mol. The molecule has 8 aliphatic heterocycles. The summed E-state index contributed by atoms with van der Waals surface area (Å²) in [6, 6.07) is 8.14. The molecular formula is C42H45N5O9S. The Morgan fingerprint density at radius 3 is 2.68 bits per heavy atom. The number of H-pyrrole nitrogens is 1. The Hall–Kier alpha value is -4.51. The van der Waals surface area contributed by atoms with Crippen molar-refractivity contribution >= 4 is 34.6 Å². The summed E-state index contributed by atoms with van der Waals surface area (Å²) >= 11 is 1.53. The summed E-state index contributed by atoms with van der Waals surface area (Å²) in [6.45, 7) is 7.65. The topological polar surface area (TPSA) is 181 Å². The number of carbonyl (C=O) groups is 2. The number of phenols is 1. The van der Waals surface area contributed by atoms with E-state index in [1.165, 1.54) is 18.7 Å². The fourth-order valence-corrected chi connectivity index (χ4v) is 13.5. The Kier molecular flexibility index (Phi) is 7.37. The van der Waals surface area contributed by atoms with E-state index in [0.717, 1.165) is 44.4 Å². The van der Waals surface area contributed by atoms with Gasteiger partial charge in [-0.2, -0.15) is 0 Å². The van der Waals surface area contributed by atoms with Gasteiger partial charge in [0.05, 0.1) is 30.1 Å². The molecule has 1 aromatic heterocycles. The number of piperazine rings is 1. The number of rotatable bonds is 3. The number of ether oxygens (including phenoxy) is 5. The minimum Gasteiger partial charge on any atom is -0.504 e. The number of aromatic hydroxyl groups is 1. The van der Waals surface area contributed by atoms with Crippen molar-refractivity contribution in [3.63, 3.8) is 0 Å². The van der Waals surface area contributed by atoms with Gasteiger partial charge in [-0.05, 0) is 56.0 Å². The average Bonchev–Trinajstić information content (AvgIpc) is 3.93. The molecule has 4 bridgehead atoms. The summed E-state index contributed by atoms with van der Waals surface area (Å²) in [5, 5.41) is 29.5. The highest BCUT2D eigenvalue weighted by Crippen LogP contribution is 2.71. The maximum absolute atomic E-state index is 15.1. The Balaban J connectivity index is 1.19. The lowest BCUT2D eigenvalue weighted by molar-refractivity contribution is -0.196. The number of aromatic nitrogens is 1. The number of esters is 2. The molecule has 8 aliphatic rings. The minimum absolute atomic E-state index is 0.0459. The lowest BCUT2D eigenvalue weighted by Crippen LogP contribution is -2.68. The van der Waals surface area contributed by atoms with Crippen molar-refractivity contribution in [2.75, 3.05) is 39.4 Å². The van der Waals surface area contributed by atoms with E-state index in [4.69, 9.17) is 29.4 Å². The fourth-order valence-electron chi connectivity index (χ4n) is 11.8. The van der Waals surface area contributed by atoms with E-state index in [2.05, 4.69) is 39.2 Å².